The summed E-state index contributed by atoms with van der Waals surface area (Å²) in [4.78, 5) is 24.0. The molecule has 1 aromatic rings. The Morgan fingerprint density at radius 2 is 2.00 bits per heavy atom. The van der Waals surface area contributed by atoms with Crippen molar-refractivity contribution in [2.75, 3.05) is 6.54 Å². The number of rotatable bonds is 5. The van der Waals surface area contributed by atoms with Crippen molar-refractivity contribution in [2.45, 2.75) is 19.9 Å². The summed E-state index contributed by atoms with van der Waals surface area (Å²) in [6.07, 6.45) is 3.06. The van der Waals surface area contributed by atoms with Crippen LogP contribution in [0.4, 0.5) is 0 Å². The quantitative estimate of drug-likeness (QED) is 0.847. The average molecular weight is 326 g/mol. The van der Waals surface area contributed by atoms with Crippen LogP contribution in [-0.4, -0.2) is 34.5 Å². The molecule has 0 aliphatic rings. The first-order valence-electron chi connectivity index (χ1n) is 5.87. The number of nitrogens with zero attached hydrogens (tertiary/aromatic N) is 1. The lowest BCUT2D eigenvalue weighted by Crippen LogP contribution is -2.39. The Bertz CT molecular complexity index is 497. The topological polar surface area (TPSA) is 57.6 Å². The molecule has 0 aromatic heterocycles. The zero-order chi connectivity index (χ0) is 14.4. The monoisotopic (exact) mass is 325 g/mol. The first-order chi connectivity index (χ1) is 8.91. The minimum absolute atomic E-state index is 0.160. The molecule has 0 atom stereocenters. The van der Waals surface area contributed by atoms with Crippen LogP contribution >= 0.6 is 15.9 Å². The molecule has 1 amide bonds. The Labute approximate surface area is 120 Å². The average Bonchev–Trinajstić information content (AvgIpc) is 2.34. The Hall–Kier alpha value is -1.62. The summed E-state index contributed by atoms with van der Waals surface area (Å²) >= 11 is 3.38. The summed E-state index contributed by atoms with van der Waals surface area (Å²) in [6.45, 7) is 3.27. The second kappa shape index (κ2) is 7.09. The molecule has 4 nitrogen and oxygen atoms in total. The van der Waals surface area contributed by atoms with Gasteiger partial charge in [0.15, 0.2) is 0 Å². The van der Waals surface area contributed by atoms with Gasteiger partial charge < -0.3 is 10.0 Å². The largest absolute Gasteiger partial charge is 0.480 e. The standard InChI is InChI=1S/C14H16BrNO3/c1-10(2)16(9-14(18)19)13(17)8-7-11-5-3-4-6-12(11)15/h3-8,10H,9H2,1-2H3,(H,18,19)/b8-7+. The van der Waals surface area contributed by atoms with E-state index in [1.165, 1.54) is 11.0 Å². The number of benzene rings is 1. The van der Waals surface area contributed by atoms with Gasteiger partial charge in [0.25, 0.3) is 0 Å². The van der Waals surface area contributed by atoms with E-state index < -0.39 is 5.97 Å². The summed E-state index contributed by atoms with van der Waals surface area (Å²) in [7, 11) is 0. The second-order valence-corrected chi connectivity index (χ2v) is 5.16. The third-order valence-electron chi connectivity index (χ3n) is 2.52. The third kappa shape index (κ3) is 4.87. The maximum atomic E-state index is 12.0. The molecule has 5 heteroatoms. The van der Waals surface area contributed by atoms with Crippen molar-refractivity contribution >= 4 is 33.9 Å². The number of amides is 1. The number of hydrogen-bond donors (Lipinski definition) is 1. The molecule has 0 saturated carbocycles. The number of carbonyl (C=O) groups is 2. The van der Waals surface area contributed by atoms with E-state index >= 15 is 0 Å². The van der Waals surface area contributed by atoms with Crippen LogP contribution in [0.1, 0.15) is 19.4 Å². The molecular formula is C14H16BrNO3. The summed E-state index contributed by atoms with van der Waals surface area (Å²) < 4.78 is 0.883. The summed E-state index contributed by atoms with van der Waals surface area (Å²) in [5.41, 5.74) is 0.870. The van der Waals surface area contributed by atoms with Crippen molar-refractivity contribution < 1.29 is 14.7 Å². The van der Waals surface area contributed by atoms with Crippen molar-refractivity contribution in [3.05, 3.63) is 40.4 Å². The molecule has 0 fully saturated rings. The molecule has 0 bridgehead atoms. The van der Waals surface area contributed by atoms with Gasteiger partial charge in [0, 0.05) is 16.6 Å². The van der Waals surface area contributed by atoms with Crippen LogP contribution in [0.3, 0.4) is 0 Å². The van der Waals surface area contributed by atoms with Crippen molar-refractivity contribution in [2.24, 2.45) is 0 Å². The van der Waals surface area contributed by atoms with E-state index in [-0.39, 0.29) is 18.5 Å². The van der Waals surface area contributed by atoms with Gasteiger partial charge in [0.05, 0.1) is 0 Å². The SMILES string of the molecule is CC(C)N(CC(=O)O)C(=O)/C=C/c1ccccc1Br. The van der Waals surface area contributed by atoms with Crippen LogP contribution in [0.15, 0.2) is 34.8 Å². The fraction of sp³-hybridized carbons (Fsp3) is 0.286. The van der Waals surface area contributed by atoms with Gasteiger partial charge in [-0.1, -0.05) is 34.1 Å². The number of carbonyl (C=O) groups excluding carboxylic acids is 1. The Morgan fingerprint density at radius 1 is 1.37 bits per heavy atom. The lowest BCUT2D eigenvalue weighted by molar-refractivity contribution is -0.143. The molecule has 102 valence electrons. The Balaban J connectivity index is 2.82. The van der Waals surface area contributed by atoms with Crippen LogP contribution in [-0.2, 0) is 9.59 Å². The highest BCUT2D eigenvalue weighted by molar-refractivity contribution is 9.10. The molecule has 1 rings (SSSR count). The van der Waals surface area contributed by atoms with Crippen LogP contribution < -0.4 is 0 Å². The van der Waals surface area contributed by atoms with E-state index in [1.807, 2.05) is 24.3 Å². The Morgan fingerprint density at radius 3 is 2.53 bits per heavy atom. The van der Waals surface area contributed by atoms with Crippen LogP contribution in [0.2, 0.25) is 0 Å². The summed E-state index contributed by atoms with van der Waals surface area (Å²) in [5.74, 6) is -1.33. The molecule has 1 aromatic carbocycles. The first kappa shape index (κ1) is 15.4. The van der Waals surface area contributed by atoms with Crippen molar-refractivity contribution in [1.29, 1.82) is 0 Å². The number of aliphatic carboxylic acids is 1. The number of halogens is 1. The van der Waals surface area contributed by atoms with E-state index in [9.17, 15) is 9.59 Å². The molecule has 0 spiro atoms. The third-order valence-corrected chi connectivity index (χ3v) is 3.24. The zero-order valence-electron chi connectivity index (χ0n) is 10.8. The van der Waals surface area contributed by atoms with E-state index in [0.29, 0.717) is 0 Å². The van der Waals surface area contributed by atoms with Crippen molar-refractivity contribution in [1.82, 2.24) is 4.90 Å². The Kier molecular flexibility index (Phi) is 5.76. The zero-order valence-corrected chi connectivity index (χ0v) is 12.4. The van der Waals surface area contributed by atoms with E-state index in [0.717, 1.165) is 10.0 Å². The minimum Gasteiger partial charge on any atom is -0.480 e. The van der Waals surface area contributed by atoms with Crippen LogP contribution in [0.25, 0.3) is 6.08 Å². The molecule has 19 heavy (non-hydrogen) atoms. The first-order valence-corrected chi connectivity index (χ1v) is 6.66. The van der Waals surface area contributed by atoms with Gasteiger partial charge in [-0.15, -0.1) is 0 Å². The number of hydrogen-bond acceptors (Lipinski definition) is 2. The van der Waals surface area contributed by atoms with Crippen molar-refractivity contribution in [3.63, 3.8) is 0 Å². The molecule has 0 saturated heterocycles. The summed E-state index contributed by atoms with van der Waals surface area (Å²) in [6, 6.07) is 7.33. The molecular weight excluding hydrogens is 310 g/mol. The highest BCUT2D eigenvalue weighted by Crippen LogP contribution is 2.17. The lowest BCUT2D eigenvalue weighted by Gasteiger charge is -2.23. The van der Waals surface area contributed by atoms with Crippen LogP contribution in [0, 0.1) is 0 Å². The van der Waals surface area contributed by atoms with E-state index in [2.05, 4.69) is 15.9 Å². The van der Waals surface area contributed by atoms with E-state index in [1.54, 1.807) is 19.9 Å². The highest BCUT2D eigenvalue weighted by Gasteiger charge is 2.17. The molecule has 0 radical (unpaired) electrons. The highest BCUT2D eigenvalue weighted by atomic mass is 79.9. The van der Waals surface area contributed by atoms with Gasteiger partial charge in [0.2, 0.25) is 5.91 Å². The van der Waals surface area contributed by atoms with E-state index in [4.69, 9.17) is 5.11 Å². The van der Waals surface area contributed by atoms with Crippen molar-refractivity contribution in [3.8, 4) is 0 Å². The molecule has 0 aliphatic heterocycles. The second-order valence-electron chi connectivity index (χ2n) is 4.31. The molecule has 0 heterocycles. The maximum Gasteiger partial charge on any atom is 0.323 e. The number of carboxylic acid groups (broad SMARTS) is 1. The lowest BCUT2D eigenvalue weighted by atomic mass is 10.2. The smallest absolute Gasteiger partial charge is 0.323 e. The maximum absolute atomic E-state index is 12.0. The minimum atomic E-state index is -1.02. The van der Waals surface area contributed by atoms with Crippen LogP contribution in [0.5, 0.6) is 0 Å². The van der Waals surface area contributed by atoms with Gasteiger partial charge in [-0.05, 0) is 31.6 Å². The molecule has 0 aliphatic carbocycles. The fourth-order valence-corrected chi connectivity index (χ4v) is 1.94. The van der Waals surface area contributed by atoms with Gasteiger partial charge >= 0.3 is 5.97 Å². The van der Waals surface area contributed by atoms with Gasteiger partial charge in [-0.25, -0.2) is 0 Å². The van der Waals surface area contributed by atoms with Gasteiger partial charge in [-0.3, -0.25) is 9.59 Å². The normalized spacial score (nSPS) is 10.9. The van der Waals surface area contributed by atoms with Gasteiger partial charge in [-0.2, -0.15) is 0 Å². The fourth-order valence-electron chi connectivity index (χ4n) is 1.53. The predicted molar refractivity (Wildman–Crippen MR) is 77.7 cm³/mol. The number of carboxylic acids is 1. The predicted octanol–water partition coefficient (Wildman–Crippen LogP) is 2.78. The van der Waals surface area contributed by atoms with Gasteiger partial charge in [0.1, 0.15) is 6.54 Å². The molecule has 0 unspecified atom stereocenters. The summed E-state index contributed by atoms with van der Waals surface area (Å²) in [5, 5.41) is 8.79. The molecule has 1 N–H and O–H groups in total.